The summed E-state index contributed by atoms with van der Waals surface area (Å²) < 4.78 is 10.9. The maximum absolute atomic E-state index is 11.8. The van der Waals surface area contributed by atoms with E-state index in [1.807, 2.05) is 0 Å². The summed E-state index contributed by atoms with van der Waals surface area (Å²) in [4.78, 5) is 22.1. The number of amides is 1. The zero-order chi connectivity index (χ0) is 19.9. The number of nitro groups is 1. The average Bonchev–Trinajstić information content (AvgIpc) is 3.16. The predicted molar refractivity (Wildman–Crippen MR) is 103 cm³/mol. The molecule has 0 unspecified atom stereocenters. The first-order valence-electron chi connectivity index (χ1n) is 8.07. The smallest absolute Gasteiger partial charge is 0.277 e. The number of ether oxygens (including phenoxy) is 1. The van der Waals surface area contributed by atoms with E-state index >= 15 is 0 Å². The maximum Gasteiger partial charge on any atom is 0.277 e. The van der Waals surface area contributed by atoms with Gasteiger partial charge in [-0.05, 0) is 24.3 Å². The molecule has 1 aromatic heterocycles. The van der Waals surface area contributed by atoms with Crippen molar-refractivity contribution in [3.63, 3.8) is 0 Å². The van der Waals surface area contributed by atoms with Crippen molar-refractivity contribution in [2.24, 2.45) is 5.10 Å². The topological polar surface area (TPSA) is 107 Å². The van der Waals surface area contributed by atoms with Crippen LogP contribution in [-0.2, 0) is 4.79 Å². The van der Waals surface area contributed by atoms with Crippen LogP contribution < -0.4 is 10.2 Å². The van der Waals surface area contributed by atoms with Crippen molar-refractivity contribution >= 4 is 29.4 Å². The standard InChI is InChI=1S/C19H14ClN3O5/c20-16-6-1-2-7-18(16)27-12-19(24)22-21-11-15-8-9-17(28-15)13-4-3-5-14(10-13)23(25)26/h1-11H,12H2,(H,22,24). The first kappa shape index (κ1) is 19.1. The third kappa shape index (κ3) is 4.95. The molecule has 0 spiro atoms. The molecule has 28 heavy (non-hydrogen) atoms. The number of hydrazone groups is 1. The minimum atomic E-state index is -0.477. The Kier molecular flexibility index (Phi) is 6.03. The first-order valence-corrected chi connectivity index (χ1v) is 8.44. The summed E-state index contributed by atoms with van der Waals surface area (Å²) in [6.07, 6.45) is 1.31. The Morgan fingerprint density at radius 1 is 1.21 bits per heavy atom. The van der Waals surface area contributed by atoms with E-state index < -0.39 is 10.8 Å². The summed E-state index contributed by atoms with van der Waals surface area (Å²) in [7, 11) is 0. The fourth-order valence-corrected chi connectivity index (χ4v) is 2.45. The van der Waals surface area contributed by atoms with Crippen LogP contribution in [0.1, 0.15) is 5.76 Å². The van der Waals surface area contributed by atoms with Gasteiger partial charge in [-0.3, -0.25) is 14.9 Å². The minimum absolute atomic E-state index is 0.0325. The predicted octanol–water partition coefficient (Wildman–Crippen LogP) is 4.04. The number of benzene rings is 2. The van der Waals surface area contributed by atoms with Crippen molar-refractivity contribution in [2.75, 3.05) is 6.61 Å². The summed E-state index contributed by atoms with van der Waals surface area (Å²) in [5.41, 5.74) is 2.84. The molecule has 2 aromatic carbocycles. The lowest BCUT2D eigenvalue weighted by atomic mass is 10.1. The SMILES string of the molecule is O=C(COc1ccccc1Cl)NN=Cc1ccc(-c2cccc([N+](=O)[O-])c2)o1. The van der Waals surface area contributed by atoms with E-state index in [1.54, 1.807) is 48.5 Å². The van der Waals surface area contributed by atoms with Gasteiger partial charge in [-0.25, -0.2) is 5.43 Å². The van der Waals surface area contributed by atoms with E-state index in [0.717, 1.165) is 0 Å². The van der Waals surface area contributed by atoms with Gasteiger partial charge in [-0.1, -0.05) is 35.9 Å². The van der Waals surface area contributed by atoms with Crippen LogP contribution in [-0.4, -0.2) is 23.7 Å². The van der Waals surface area contributed by atoms with Gasteiger partial charge in [0.1, 0.15) is 17.3 Å². The number of rotatable bonds is 7. The van der Waals surface area contributed by atoms with Gasteiger partial charge in [0.2, 0.25) is 0 Å². The molecule has 1 N–H and O–H groups in total. The summed E-state index contributed by atoms with van der Waals surface area (Å²) >= 11 is 5.94. The number of hydrogen-bond acceptors (Lipinski definition) is 6. The largest absolute Gasteiger partial charge is 0.482 e. The maximum atomic E-state index is 11.8. The molecule has 0 aliphatic carbocycles. The van der Waals surface area contributed by atoms with Crippen molar-refractivity contribution in [2.45, 2.75) is 0 Å². The second kappa shape index (κ2) is 8.83. The van der Waals surface area contributed by atoms with E-state index in [1.165, 1.54) is 18.3 Å². The Labute approximate surface area is 164 Å². The van der Waals surface area contributed by atoms with Gasteiger partial charge in [0, 0.05) is 17.7 Å². The van der Waals surface area contributed by atoms with Crippen molar-refractivity contribution in [3.05, 3.63) is 81.6 Å². The zero-order valence-corrected chi connectivity index (χ0v) is 15.1. The van der Waals surface area contributed by atoms with Crippen LogP contribution in [0.3, 0.4) is 0 Å². The van der Waals surface area contributed by atoms with E-state index in [0.29, 0.717) is 27.9 Å². The van der Waals surface area contributed by atoms with Gasteiger partial charge >= 0.3 is 0 Å². The number of nitrogens with zero attached hydrogens (tertiary/aromatic N) is 2. The molecule has 0 radical (unpaired) electrons. The third-order valence-corrected chi connectivity index (χ3v) is 3.86. The molecule has 0 saturated heterocycles. The molecule has 1 heterocycles. The molecule has 0 bridgehead atoms. The van der Waals surface area contributed by atoms with E-state index in [-0.39, 0.29) is 12.3 Å². The summed E-state index contributed by atoms with van der Waals surface area (Å²) in [6, 6.07) is 16.2. The van der Waals surface area contributed by atoms with Crippen LogP contribution in [0.4, 0.5) is 5.69 Å². The minimum Gasteiger partial charge on any atom is -0.482 e. The first-order chi connectivity index (χ1) is 13.5. The number of carbonyl (C=O) groups excluding carboxylic acids is 1. The van der Waals surface area contributed by atoms with Crippen LogP contribution in [0.15, 0.2) is 70.2 Å². The van der Waals surface area contributed by atoms with Gasteiger partial charge in [0.15, 0.2) is 6.61 Å². The van der Waals surface area contributed by atoms with Crippen molar-refractivity contribution in [1.82, 2.24) is 5.43 Å². The second-order valence-corrected chi connectivity index (χ2v) is 5.93. The molecule has 142 valence electrons. The molecule has 0 aliphatic heterocycles. The van der Waals surface area contributed by atoms with Crippen molar-refractivity contribution < 1.29 is 18.9 Å². The molecular formula is C19H14ClN3O5. The Morgan fingerprint density at radius 3 is 2.82 bits per heavy atom. The molecule has 0 aliphatic rings. The lowest BCUT2D eigenvalue weighted by Gasteiger charge is -2.06. The highest BCUT2D eigenvalue weighted by Crippen LogP contribution is 2.25. The Bertz CT molecular complexity index is 1030. The van der Waals surface area contributed by atoms with Crippen LogP contribution in [0, 0.1) is 10.1 Å². The molecule has 8 nitrogen and oxygen atoms in total. The Balaban J connectivity index is 1.55. The normalized spacial score (nSPS) is 10.8. The summed E-state index contributed by atoms with van der Waals surface area (Å²) in [5, 5.41) is 15.0. The molecule has 1 amide bonds. The lowest BCUT2D eigenvalue weighted by Crippen LogP contribution is -2.24. The highest BCUT2D eigenvalue weighted by molar-refractivity contribution is 6.32. The quantitative estimate of drug-likeness (QED) is 0.366. The number of carbonyl (C=O) groups is 1. The Morgan fingerprint density at radius 2 is 2.04 bits per heavy atom. The molecular weight excluding hydrogens is 386 g/mol. The van der Waals surface area contributed by atoms with Crippen LogP contribution >= 0.6 is 11.6 Å². The van der Waals surface area contributed by atoms with Crippen molar-refractivity contribution in [1.29, 1.82) is 0 Å². The monoisotopic (exact) mass is 399 g/mol. The molecule has 0 saturated carbocycles. The summed E-state index contributed by atoms with van der Waals surface area (Å²) in [5.74, 6) is 0.741. The van der Waals surface area contributed by atoms with Crippen molar-refractivity contribution in [3.8, 4) is 17.1 Å². The van der Waals surface area contributed by atoms with Gasteiger partial charge in [-0.2, -0.15) is 5.10 Å². The van der Waals surface area contributed by atoms with Crippen LogP contribution in [0.5, 0.6) is 5.75 Å². The highest BCUT2D eigenvalue weighted by Gasteiger charge is 2.10. The van der Waals surface area contributed by atoms with Gasteiger partial charge in [0.25, 0.3) is 11.6 Å². The fourth-order valence-electron chi connectivity index (χ4n) is 2.26. The summed E-state index contributed by atoms with van der Waals surface area (Å²) in [6.45, 7) is -0.252. The number of nitrogens with one attached hydrogen (secondary N) is 1. The number of furan rings is 1. The molecule has 3 aromatic rings. The molecule has 0 atom stereocenters. The van der Waals surface area contributed by atoms with Crippen LogP contribution in [0.2, 0.25) is 5.02 Å². The number of non-ortho nitro benzene ring substituents is 1. The molecule has 0 fully saturated rings. The fraction of sp³-hybridized carbons (Fsp3) is 0.0526. The van der Waals surface area contributed by atoms with Crippen LogP contribution in [0.25, 0.3) is 11.3 Å². The number of nitro benzene ring substituents is 1. The molecule has 3 rings (SSSR count). The number of halogens is 1. The Hall–Kier alpha value is -3.65. The highest BCUT2D eigenvalue weighted by atomic mass is 35.5. The van der Waals surface area contributed by atoms with E-state index in [9.17, 15) is 14.9 Å². The zero-order valence-electron chi connectivity index (χ0n) is 14.4. The van der Waals surface area contributed by atoms with Gasteiger partial charge < -0.3 is 9.15 Å². The molecule has 9 heteroatoms. The lowest BCUT2D eigenvalue weighted by molar-refractivity contribution is -0.384. The number of para-hydroxylation sites is 1. The van der Waals surface area contributed by atoms with E-state index in [4.69, 9.17) is 20.8 Å². The van der Waals surface area contributed by atoms with E-state index in [2.05, 4.69) is 10.5 Å². The third-order valence-electron chi connectivity index (χ3n) is 3.54. The van der Waals surface area contributed by atoms with Gasteiger partial charge in [0.05, 0.1) is 16.2 Å². The van der Waals surface area contributed by atoms with Gasteiger partial charge in [-0.15, -0.1) is 0 Å². The average molecular weight is 400 g/mol. The number of hydrogen-bond donors (Lipinski definition) is 1. The second-order valence-electron chi connectivity index (χ2n) is 5.52.